The first-order chi connectivity index (χ1) is 15.5. The molecule has 1 atom stereocenters. The monoisotopic (exact) mass is 453 g/mol. The molecule has 0 saturated carbocycles. The zero-order valence-electron chi connectivity index (χ0n) is 20.4. The Morgan fingerprint density at radius 2 is 1.06 bits per heavy atom. The average molecular weight is 454 g/mol. The van der Waals surface area contributed by atoms with Gasteiger partial charge in [0.1, 0.15) is 18.1 Å². The second kappa shape index (κ2) is 22.5. The van der Waals surface area contributed by atoms with Gasteiger partial charge < -0.3 is 20.0 Å². The van der Waals surface area contributed by atoms with Gasteiger partial charge in [-0.05, 0) is 26.2 Å². The molecule has 0 saturated heterocycles. The smallest absolute Gasteiger partial charge is 0.326 e. The van der Waals surface area contributed by atoms with Crippen molar-refractivity contribution < 1.29 is 24.3 Å². The minimum Gasteiger partial charge on any atom is -0.480 e. The third kappa shape index (κ3) is 21.5. The molecule has 6 nitrogen and oxygen atoms in total. The number of nitrogens with one attached hydrogen (secondary N) is 1. The van der Waals surface area contributed by atoms with E-state index in [4.69, 9.17) is 5.11 Å². The number of carbonyl (C=O) groups is 4. The Morgan fingerprint density at radius 1 is 0.688 bits per heavy atom. The Balaban J connectivity index is 3.34. The van der Waals surface area contributed by atoms with Crippen LogP contribution >= 0.6 is 0 Å². The quantitative estimate of drug-likeness (QED) is 0.135. The maximum Gasteiger partial charge on any atom is 0.326 e. The summed E-state index contributed by atoms with van der Waals surface area (Å²) in [4.78, 5) is 44.1. The van der Waals surface area contributed by atoms with Gasteiger partial charge in [0.05, 0.1) is 0 Å². The number of aldehydes is 1. The fourth-order valence-corrected chi connectivity index (χ4v) is 3.89. The second-order valence-corrected chi connectivity index (χ2v) is 9.06. The highest BCUT2D eigenvalue weighted by Crippen LogP contribution is 2.14. The molecule has 0 aliphatic carbocycles. The number of amides is 1. The molecule has 0 aliphatic rings. The van der Waals surface area contributed by atoms with Gasteiger partial charge in [0.2, 0.25) is 5.91 Å². The topological polar surface area (TPSA) is 101 Å². The number of ketones is 1. The van der Waals surface area contributed by atoms with Crippen LogP contribution in [0, 0.1) is 0 Å². The Labute approximate surface area is 195 Å². The van der Waals surface area contributed by atoms with E-state index < -0.39 is 12.0 Å². The summed E-state index contributed by atoms with van der Waals surface area (Å²) in [7, 11) is 0. The predicted molar refractivity (Wildman–Crippen MR) is 129 cm³/mol. The van der Waals surface area contributed by atoms with Crippen LogP contribution in [-0.4, -0.2) is 35.1 Å². The van der Waals surface area contributed by atoms with E-state index in [0.29, 0.717) is 18.5 Å². The molecule has 0 spiro atoms. The van der Waals surface area contributed by atoms with Crippen molar-refractivity contribution in [3.63, 3.8) is 0 Å². The lowest BCUT2D eigenvalue weighted by atomic mass is 10.0. The summed E-state index contributed by atoms with van der Waals surface area (Å²) in [6.07, 6.45) is 21.5. The zero-order valence-corrected chi connectivity index (χ0v) is 20.4. The van der Waals surface area contributed by atoms with E-state index in [2.05, 4.69) is 5.32 Å². The van der Waals surface area contributed by atoms with E-state index in [1.807, 2.05) is 0 Å². The van der Waals surface area contributed by atoms with Crippen LogP contribution in [0.5, 0.6) is 0 Å². The van der Waals surface area contributed by atoms with E-state index >= 15 is 0 Å². The number of aliphatic carboxylic acids is 1. The van der Waals surface area contributed by atoms with Gasteiger partial charge in [-0.3, -0.25) is 4.79 Å². The van der Waals surface area contributed by atoms with Crippen molar-refractivity contribution >= 4 is 23.9 Å². The fraction of sp³-hybridized carbons (Fsp3) is 0.846. The van der Waals surface area contributed by atoms with E-state index in [-0.39, 0.29) is 18.7 Å². The number of carboxylic acids is 1. The lowest BCUT2D eigenvalue weighted by Gasteiger charge is -2.13. The van der Waals surface area contributed by atoms with E-state index in [9.17, 15) is 19.2 Å². The first-order valence-electron chi connectivity index (χ1n) is 12.9. The lowest BCUT2D eigenvalue weighted by Crippen LogP contribution is -2.40. The molecule has 0 aromatic heterocycles. The van der Waals surface area contributed by atoms with Gasteiger partial charge >= 0.3 is 5.97 Å². The summed E-state index contributed by atoms with van der Waals surface area (Å²) in [5, 5.41) is 11.5. The van der Waals surface area contributed by atoms with Crippen LogP contribution in [-0.2, 0) is 19.2 Å². The summed E-state index contributed by atoms with van der Waals surface area (Å²) in [5.74, 6) is -1.01. The Morgan fingerprint density at radius 3 is 1.41 bits per heavy atom. The van der Waals surface area contributed by atoms with E-state index in [0.717, 1.165) is 32.1 Å². The minimum absolute atomic E-state index is 0.140. The number of Topliss-reactive ketones (excluding diaryl/α,β-unsaturated/α-hetero) is 1. The number of hydrogen-bond donors (Lipinski definition) is 2. The molecular formula is C26H47NO5. The fourth-order valence-electron chi connectivity index (χ4n) is 3.89. The molecule has 186 valence electrons. The molecule has 0 fully saturated rings. The normalized spacial score (nSPS) is 11.8. The Hall–Kier alpha value is -1.72. The molecule has 0 aromatic carbocycles. The standard InChI is InChI=1S/C26H47NO5/c1-23(29)19-16-14-12-10-8-6-4-2-3-5-7-9-11-13-15-17-21-25(30)27-24(26(31)32)20-18-22-28/h22,24H,2-21H2,1H3,(H,27,30)(H,31,32)/t24-/m0/s1. The highest BCUT2D eigenvalue weighted by Gasteiger charge is 2.18. The van der Waals surface area contributed by atoms with Gasteiger partial charge in [0.25, 0.3) is 0 Å². The molecule has 0 unspecified atom stereocenters. The number of hydrogen-bond acceptors (Lipinski definition) is 4. The molecule has 0 heterocycles. The van der Waals surface area contributed by atoms with Gasteiger partial charge in [-0.15, -0.1) is 0 Å². The van der Waals surface area contributed by atoms with E-state index in [1.54, 1.807) is 6.92 Å². The van der Waals surface area contributed by atoms with Crippen molar-refractivity contribution in [2.24, 2.45) is 0 Å². The van der Waals surface area contributed by atoms with Gasteiger partial charge in [0.15, 0.2) is 0 Å². The van der Waals surface area contributed by atoms with Crippen molar-refractivity contribution in [3.05, 3.63) is 0 Å². The predicted octanol–water partition coefficient (Wildman–Crippen LogP) is 6.15. The summed E-state index contributed by atoms with van der Waals surface area (Å²) in [5.41, 5.74) is 0. The molecule has 0 rings (SSSR count). The SMILES string of the molecule is CC(=O)CCCCCCCCCCCCCCCCCCC(=O)N[C@@H](CCC=O)C(=O)O. The maximum atomic E-state index is 11.8. The van der Waals surface area contributed by atoms with Gasteiger partial charge in [-0.2, -0.15) is 0 Å². The molecule has 0 aromatic rings. The van der Waals surface area contributed by atoms with Crippen LogP contribution in [0.3, 0.4) is 0 Å². The van der Waals surface area contributed by atoms with Crippen molar-refractivity contribution in [2.45, 2.75) is 141 Å². The first kappa shape index (κ1) is 30.3. The molecule has 0 radical (unpaired) electrons. The van der Waals surface area contributed by atoms with Gasteiger partial charge in [-0.1, -0.05) is 89.9 Å². The summed E-state index contributed by atoms with van der Waals surface area (Å²) in [6.45, 7) is 1.67. The van der Waals surface area contributed by atoms with Gasteiger partial charge in [-0.25, -0.2) is 4.79 Å². The summed E-state index contributed by atoms with van der Waals surface area (Å²) in [6, 6.07) is -0.962. The molecule has 2 N–H and O–H groups in total. The highest BCUT2D eigenvalue weighted by atomic mass is 16.4. The molecule has 0 bridgehead atoms. The van der Waals surface area contributed by atoms with Crippen LogP contribution in [0.25, 0.3) is 0 Å². The minimum atomic E-state index is -1.09. The second-order valence-electron chi connectivity index (χ2n) is 9.06. The zero-order chi connectivity index (χ0) is 23.9. The summed E-state index contributed by atoms with van der Waals surface area (Å²) < 4.78 is 0. The van der Waals surface area contributed by atoms with Crippen molar-refractivity contribution in [1.29, 1.82) is 0 Å². The molecular weight excluding hydrogens is 406 g/mol. The number of carbonyl (C=O) groups excluding carboxylic acids is 3. The third-order valence-electron chi connectivity index (χ3n) is 5.89. The molecule has 0 aliphatic heterocycles. The van der Waals surface area contributed by atoms with Crippen LogP contribution in [0.2, 0.25) is 0 Å². The molecule has 32 heavy (non-hydrogen) atoms. The maximum absolute atomic E-state index is 11.8. The highest BCUT2D eigenvalue weighted by molar-refractivity contribution is 5.83. The molecule has 1 amide bonds. The lowest BCUT2D eigenvalue weighted by molar-refractivity contribution is -0.142. The average Bonchev–Trinajstić information content (AvgIpc) is 2.75. The molecule has 6 heteroatoms. The van der Waals surface area contributed by atoms with Crippen molar-refractivity contribution in [3.8, 4) is 0 Å². The van der Waals surface area contributed by atoms with Crippen LogP contribution in [0.1, 0.15) is 135 Å². The largest absolute Gasteiger partial charge is 0.480 e. The van der Waals surface area contributed by atoms with Crippen molar-refractivity contribution in [2.75, 3.05) is 0 Å². The Kier molecular flexibility index (Phi) is 21.3. The van der Waals surface area contributed by atoms with Crippen LogP contribution in [0.15, 0.2) is 0 Å². The third-order valence-corrected chi connectivity index (χ3v) is 5.89. The van der Waals surface area contributed by atoms with Crippen molar-refractivity contribution in [1.82, 2.24) is 5.32 Å². The Bertz CT molecular complexity index is 506. The van der Waals surface area contributed by atoms with Crippen LogP contribution in [0.4, 0.5) is 0 Å². The number of unbranched alkanes of at least 4 members (excludes halogenated alkanes) is 15. The summed E-state index contributed by atoms with van der Waals surface area (Å²) >= 11 is 0. The first-order valence-corrected chi connectivity index (χ1v) is 12.9. The number of rotatable bonds is 24. The number of carboxylic acid groups (broad SMARTS) is 1. The van der Waals surface area contributed by atoms with Gasteiger partial charge in [0, 0.05) is 19.3 Å². The van der Waals surface area contributed by atoms with E-state index in [1.165, 1.54) is 77.0 Å². The van der Waals surface area contributed by atoms with Crippen LogP contribution < -0.4 is 5.32 Å².